The number of hydrogen-bond donors (Lipinski definition) is 2. The van der Waals surface area contributed by atoms with Gasteiger partial charge in [0.05, 0.1) is 12.8 Å². The molecule has 0 aliphatic heterocycles. The molecule has 0 bridgehead atoms. The minimum absolute atomic E-state index is 0.154. The minimum atomic E-state index is -0.154. The fourth-order valence-corrected chi connectivity index (χ4v) is 2.91. The Morgan fingerprint density at radius 3 is 2.58 bits per heavy atom. The first-order chi connectivity index (χ1) is 11.8. The second kappa shape index (κ2) is 7.77. The van der Waals surface area contributed by atoms with Gasteiger partial charge in [0.1, 0.15) is 5.75 Å². The number of amides is 1. The number of nitrogens with zero attached hydrogens (tertiary/aromatic N) is 2. The van der Waals surface area contributed by atoms with Crippen molar-refractivity contribution in [2.24, 2.45) is 0 Å². The lowest BCUT2D eigenvalue weighted by atomic mass is 9.95. The number of para-hydroxylation sites is 2. The normalized spacial score (nSPS) is 14.9. The van der Waals surface area contributed by atoms with E-state index in [0.29, 0.717) is 11.5 Å². The zero-order valence-corrected chi connectivity index (χ0v) is 13.8. The Kier molecular flexibility index (Phi) is 5.25. The second-order valence-electron chi connectivity index (χ2n) is 5.94. The lowest BCUT2D eigenvalue weighted by molar-refractivity contribution is 0.0921. The highest BCUT2D eigenvalue weighted by Crippen LogP contribution is 2.25. The zero-order valence-electron chi connectivity index (χ0n) is 13.8. The summed E-state index contributed by atoms with van der Waals surface area (Å²) < 4.78 is 5.29. The van der Waals surface area contributed by atoms with Crippen LogP contribution in [0.1, 0.15) is 42.6 Å². The number of methoxy groups -OCH3 is 1. The Labute approximate surface area is 141 Å². The standard InChI is InChI=1S/C18H22N4O2/c1-24-16-10-6-5-9-14(16)20-17-12-11-15(21-22-17)18(23)19-13-7-3-2-4-8-13/h5-6,9-13H,2-4,7-8H2,1H3,(H,19,23)(H,20,22). The molecule has 1 saturated carbocycles. The average Bonchev–Trinajstić information content (AvgIpc) is 2.63. The molecule has 0 unspecified atom stereocenters. The smallest absolute Gasteiger partial charge is 0.272 e. The third-order valence-electron chi connectivity index (χ3n) is 4.21. The van der Waals surface area contributed by atoms with Crippen LogP contribution in [0.5, 0.6) is 5.75 Å². The molecule has 1 aromatic carbocycles. The molecule has 1 amide bonds. The predicted molar refractivity (Wildman–Crippen MR) is 92.6 cm³/mol. The number of carbonyl (C=O) groups excluding carboxylic acids is 1. The summed E-state index contributed by atoms with van der Waals surface area (Å²) in [7, 11) is 1.62. The predicted octanol–water partition coefficient (Wildman–Crippen LogP) is 3.29. The molecule has 126 valence electrons. The van der Waals surface area contributed by atoms with Crippen LogP contribution in [0, 0.1) is 0 Å². The van der Waals surface area contributed by atoms with Crippen molar-refractivity contribution in [2.75, 3.05) is 12.4 Å². The van der Waals surface area contributed by atoms with Crippen LogP contribution in [0.4, 0.5) is 11.5 Å². The first-order valence-electron chi connectivity index (χ1n) is 8.31. The molecule has 1 fully saturated rings. The molecule has 0 atom stereocenters. The molecular formula is C18H22N4O2. The summed E-state index contributed by atoms with van der Waals surface area (Å²) in [5.74, 6) is 1.13. The van der Waals surface area contributed by atoms with E-state index in [-0.39, 0.29) is 11.9 Å². The van der Waals surface area contributed by atoms with Crippen LogP contribution in [0.3, 0.4) is 0 Å². The zero-order chi connectivity index (χ0) is 16.8. The highest BCUT2D eigenvalue weighted by Gasteiger charge is 2.17. The summed E-state index contributed by atoms with van der Waals surface area (Å²) in [6.45, 7) is 0. The van der Waals surface area contributed by atoms with E-state index in [4.69, 9.17) is 4.74 Å². The van der Waals surface area contributed by atoms with Gasteiger partial charge in [0.2, 0.25) is 0 Å². The number of benzene rings is 1. The number of hydrogen-bond acceptors (Lipinski definition) is 5. The van der Waals surface area contributed by atoms with Gasteiger partial charge in [0, 0.05) is 6.04 Å². The van der Waals surface area contributed by atoms with Gasteiger partial charge in [-0.05, 0) is 37.1 Å². The lowest BCUT2D eigenvalue weighted by Gasteiger charge is -2.22. The Morgan fingerprint density at radius 2 is 1.88 bits per heavy atom. The number of nitrogens with one attached hydrogen (secondary N) is 2. The maximum absolute atomic E-state index is 12.2. The first kappa shape index (κ1) is 16.2. The average molecular weight is 326 g/mol. The van der Waals surface area contributed by atoms with Gasteiger partial charge >= 0.3 is 0 Å². The third kappa shape index (κ3) is 4.01. The van der Waals surface area contributed by atoms with Crippen LogP contribution in [-0.2, 0) is 0 Å². The van der Waals surface area contributed by atoms with E-state index >= 15 is 0 Å². The highest BCUT2D eigenvalue weighted by atomic mass is 16.5. The highest BCUT2D eigenvalue weighted by molar-refractivity contribution is 5.92. The van der Waals surface area contributed by atoms with Gasteiger partial charge in [-0.2, -0.15) is 0 Å². The molecule has 6 nitrogen and oxygen atoms in total. The molecule has 1 heterocycles. The fraction of sp³-hybridized carbons (Fsp3) is 0.389. The molecule has 2 N–H and O–H groups in total. The molecule has 1 aliphatic rings. The van der Waals surface area contributed by atoms with E-state index in [1.165, 1.54) is 19.3 Å². The summed E-state index contributed by atoms with van der Waals surface area (Å²) in [6, 6.07) is 11.3. The molecule has 6 heteroatoms. The number of ether oxygens (including phenoxy) is 1. The van der Waals surface area contributed by atoms with Crippen LogP contribution in [-0.4, -0.2) is 29.3 Å². The van der Waals surface area contributed by atoms with Gasteiger partial charge < -0.3 is 15.4 Å². The molecule has 1 aliphatic carbocycles. The molecule has 1 aromatic heterocycles. The second-order valence-corrected chi connectivity index (χ2v) is 5.94. The van der Waals surface area contributed by atoms with Gasteiger partial charge in [-0.3, -0.25) is 4.79 Å². The van der Waals surface area contributed by atoms with Crippen molar-refractivity contribution in [1.82, 2.24) is 15.5 Å². The van der Waals surface area contributed by atoms with Crippen molar-refractivity contribution in [3.8, 4) is 5.75 Å². The molecule has 2 aromatic rings. The lowest BCUT2D eigenvalue weighted by Crippen LogP contribution is -2.36. The van der Waals surface area contributed by atoms with Crippen molar-refractivity contribution in [2.45, 2.75) is 38.1 Å². The summed E-state index contributed by atoms with van der Waals surface area (Å²) in [4.78, 5) is 12.2. The summed E-state index contributed by atoms with van der Waals surface area (Å²) in [5.41, 5.74) is 1.14. The van der Waals surface area contributed by atoms with Gasteiger partial charge in [-0.25, -0.2) is 0 Å². The van der Waals surface area contributed by atoms with Gasteiger partial charge in [0.15, 0.2) is 11.5 Å². The van der Waals surface area contributed by atoms with Gasteiger partial charge in [0.25, 0.3) is 5.91 Å². The van der Waals surface area contributed by atoms with Crippen LogP contribution >= 0.6 is 0 Å². The Bertz CT molecular complexity index is 682. The number of rotatable bonds is 5. The van der Waals surface area contributed by atoms with Crippen molar-refractivity contribution in [3.05, 3.63) is 42.1 Å². The van der Waals surface area contributed by atoms with E-state index < -0.39 is 0 Å². The fourth-order valence-electron chi connectivity index (χ4n) is 2.91. The summed E-state index contributed by atoms with van der Waals surface area (Å²) >= 11 is 0. The third-order valence-corrected chi connectivity index (χ3v) is 4.21. The number of aromatic nitrogens is 2. The van der Waals surface area contributed by atoms with Gasteiger partial charge in [-0.15, -0.1) is 10.2 Å². The molecule has 3 rings (SSSR count). The SMILES string of the molecule is COc1ccccc1Nc1ccc(C(=O)NC2CCCCC2)nn1. The van der Waals surface area contributed by atoms with Crippen molar-refractivity contribution >= 4 is 17.4 Å². The summed E-state index contributed by atoms with van der Waals surface area (Å²) in [6.07, 6.45) is 5.71. The Hall–Kier alpha value is -2.63. The largest absolute Gasteiger partial charge is 0.495 e. The molecule has 0 saturated heterocycles. The summed E-state index contributed by atoms with van der Waals surface area (Å²) in [5, 5.41) is 14.3. The van der Waals surface area contributed by atoms with E-state index in [1.807, 2.05) is 24.3 Å². The van der Waals surface area contributed by atoms with Crippen LogP contribution in [0.2, 0.25) is 0 Å². The number of carbonyl (C=O) groups is 1. The first-order valence-corrected chi connectivity index (χ1v) is 8.31. The number of anilines is 2. The molecule has 0 radical (unpaired) electrons. The molecular weight excluding hydrogens is 304 g/mol. The van der Waals surface area contributed by atoms with Crippen molar-refractivity contribution < 1.29 is 9.53 Å². The van der Waals surface area contributed by atoms with E-state index in [1.54, 1.807) is 19.2 Å². The molecule has 0 spiro atoms. The van der Waals surface area contributed by atoms with Gasteiger partial charge in [-0.1, -0.05) is 31.4 Å². The van der Waals surface area contributed by atoms with E-state index in [9.17, 15) is 4.79 Å². The maximum Gasteiger partial charge on any atom is 0.272 e. The van der Waals surface area contributed by atoms with Crippen molar-refractivity contribution in [3.63, 3.8) is 0 Å². The van der Waals surface area contributed by atoms with Crippen LogP contribution in [0.25, 0.3) is 0 Å². The maximum atomic E-state index is 12.2. The molecule has 24 heavy (non-hydrogen) atoms. The minimum Gasteiger partial charge on any atom is -0.495 e. The quantitative estimate of drug-likeness (QED) is 0.882. The van der Waals surface area contributed by atoms with E-state index in [0.717, 1.165) is 24.3 Å². The van der Waals surface area contributed by atoms with Crippen molar-refractivity contribution in [1.29, 1.82) is 0 Å². The van der Waals surface area contributed by atoms with Crippen LogP contribution in [0.15, 0.2) is 36.4 Å². The monoisotopic (exact) mass is 326 g/mol. The Morgan fingerprint density at radius 1 is 1.08 bits per heavy atom. The topological polar surface area (TPSA) is 76.1 Å². The van der Waals surface area contributed by atoms with Crippen LogP contribution < -0.4 is 15.4 Å². The Balaban J connectivity index is 1.63. The van der Waals surface area contributed by atoms with E-state index in [2.05, 4.69) is 20.8 Å².